The molecule has 0 bridgehead atoms. The van der Waals surface area contributed by atoms with Crippen LogP contribution in [0.3, 0.4) is 0 Å². The van der Waals surface area contributed by atoms with Crippen LogP contribution in [0.2, 0.25) is 0 Å². The second-order valence-corrected chi connectivity index (χ2v) is 5.07. The molecule has 0 heterocycles. The van der Waals surface area contributed by atoms with Gasteiger partial charge in [0.05, 0.1) is 5.60 Å². The van der Waals surface area contributed by atoms with Crippen LogP contribution in [0.1, 0.15) is 58.8 Å². The summed E-state index contributed by atoms with van der Waals surface area (Å²) in [6, 6.07) is 0. The zero-order valence-corrected chi connectivity index (χ0v) is 10.4. The summed E-state index contributed by atoms with van der Waals surface area (Å²) in [7, 11) is 0. The quantitative estimate of drug-likeness (QED) is 0.711. The smallest absolute Gasteiger partial charge is 0.0766 e. The van der Waals surface area contributed by atoms with Gasteiger partial charge in [-0.25, -0.2) is 0 Å². The maximum absolute atomic E-state index is 10.1. The molecule has 2 N–H and O–H groups in total. The molecule has 0 spiro atoms. The Bertz CT molecular complexity index is 160. The van der Waals surface area contributed by atoms with Gasteiger partial charge in [0.2, 0.25) is 0 Å². The van der Waals surface area contributed by atoms with Gasteiger partial charge in [-0.3, -0.25) is 0 Å². The van der Waals surface area contributed by atoms with Crippen molar-refractivity contribution in [1.82, 2.24) is 5.32 Å². The minimum atomic E-state index is -0.478. The fourth-order valence-electron chi connectivity index (χ4n) is 2.40. The van der Waals surface area contributed by atoms with Gasteiger partial charge in [-0.1, -0.05) is 33.1 Å². The third-order valence-corrected chi connectivity index (χ3v) is 3.93. The molecule has 1 rings (SSSR count). The lowest BCUT2D eigenvalue weighted by Crippen LogP contribution is -2.41. The van der Waals surface area contributed by atoms with E-state index in [4.69, 9.17) is 0 Å². The maximum atomic E-state index is 10.1. The highest BCUT2D eigenvalue weighted by molar-refractivity contribution is 4.78. The van der Waals surface area contributed by atoms with Crippen LogP contribution in [0, 0.1) is 5.92 Å². The average Bonchev–Trinajstić information content (AvgIpc) is 2.30. The molecule has 0 saturated heterocycles. The second-order valence-electron chi connectivity index (χ2n) is 5.07. The molecule has 1 aliphatic carbocycles. The maximum Gasteiger partial charge on any atom is 0.0766 e. The largest absolute Gasteiger partial charge is 0.389 e. The van der Waals surface area contributed by atoms with Crippen molar-refractivity contribution in [3.8, 4) is 0 Å². The summed E-state index contributed by atoms with van der Waals surface area (Å²) in [6.45, 7) is 5.98. The van der Waals surface area contributed by atoms with E-state index in [2.05, 4.69) is 19.2 Å². The topological polar surface area (TPSA) is 32.3 Å². The van der Waals surface area contributed by atoms with E-state index in [0.717, 1.165) is 31.8 Å². The van der Waals surface area contributed by atoms with Crippen molar-refractivity contribution in [2.24, 2.45) is 5.92 Å². The van der Waals surface area contributed by atoms with Crippen LogP contribution >= 0.6 is 0 Å². The van der Waals surface area contributed by atoms with Crippen molar-refractivity contribution in [1.29, 1.82) is 0 Å². The minimum Gasteiger partial charge on any atom is -0.389 e. The number of rotatable bonds is 6. The van der Waals surface area contributed by atoms with E-state index in [1.165, 1.54) is 32.1 Å². The van der Waals surface area contributed by atoms with Gasteiger partial charge in [0.15, 0.2) is 0 Å². The summed E-state index contributed by atoms with van der Waals surface area (Å²) in [6.07, 6.45) is 8.68. The molecule has 90 valence electrons. The molecule has 1 fully saturated rings. The Hall–Kier alpha value is -0.0800. The lowest BCUT2D eigenvalue weighted by molar-refractivity contribution is 0.0314. The molecule has 15 heavy (non-hydrogen) atoms. The van der Waals surface area contributed by atoms with Crippen molar-refractivity contribution in [2.45, 2.75) is 64.4 Å². The summed E-state index contributed by atoms with van der Waals surface area (Å²) in [5.74, 6) is 0.858. The molecule has 1 aliphatic rings. The Labute approximate surface area is 94.5 Å². The highest BCUT2D eigenvalue weighted by Gasteiger charge is 2.22. The summed E-state index contributed by atoms with van der Waals surface area (Å²) in [4.78, 5) is 0. The lowest BCUT2D eigenvalue weighted by atomic mass is 9.89. The third-order valence-electron chi connectivity index (χ3n) is 3.93. The molecule has 0 radical (unpaired) electrons. The molecule has 0 unspecified atom stereocenters. The molecular formula is C13H27NO. The van der Waals surface area contributed by atoms with Crippen molar-refractivity contribution in [3.63, 3.8) is 0 Å². The Balaban J connectivity index is 2.14. The number of aliphatic hydroxyl groups is 1. The summed E-state index contributed by atoms with van der Waals surface area (Å²) >= 11 is 0. The fraction of sp³-hybridized carbons (Fsp3) is 1.00. The molecule has 2 heteroatoms. The van der Waals surface area contributed by atoms with Gasteiger partial charge in [0.1, 0.15) is 0 Å². The monoisotopic (exact) mass is 213 g/mol. The van der Waals surface area contributed by atoms with Gasteiger partial charge in [-0.05, 0) is 38.1 Å². The SMILES string of the molecule is CCC(O)(CC)CNCC1CCCCC1. The van der Waals surface area contributed by atoms with Gasteiger partial charge in [-0.2, -0.15) is 0 Å². The zero-order valence-electron chi connectivity index (χ0n) is 10.4. The summed E-state index contributed by atoms with van der Waals surface area (Å²) in [5.41, 5.74) is -0.478. The molecule has 0 atom stereocenters. The van der Waals surface area contributed by atoms with Crippen LogP contribution in [-0.4, -0.2) is 23.8 Å². The number of hydrogen-bond donors (Lipinski definition) is 2. The Morgan fingerprint density at radius 1 is 1.13 bits per heavy atom. The normalized spacial score (nSPS) is 19.4. The van der Waals surface area contributed by atoms with E-state index in [0.29, 0.717) is 0 Å². The first-order valence-electron chi connectivity index (χ1n) is 6.63. The number of hydrogen-bond acceptors (Lipinski definition) is 2. The number of nitrogens with one attached hydrogen (secondary N) is 1. The van der Waals surface area contributed by atoms with Gasteiger partial charge < -0.3 is 10.4 Å². The first-order valence-corrected chi connectivity index (χ1v) is 6.63. The Kier molecular flexibility index (Phi) is 5.62. The molecule has 0 aromatic rings. The van der Waals surface area contributed by atoms with E-state index in [9.17, 15) is 5.11 Å². The molecule has 0 aliphatic heterocycles. The zero-order chi connectivity index (χ0) is 11.1. The molecule has 0 aromatic heterocycles. The van der Waals surface area contributed by atoms with Gasteiger partial charge >= 0.3 is 0 Å². The van der Waals surface area contributed by atoms with Crippen LogP contribution in [0.5, 0.6) is 0 Å². The van der Waals surface area contributed by atoms with Gasteiger partial charge in [0, 0.05) is 6.54 Å². The van der Waals surface area contributed by atoms with E-state index in [-0.39, 0.29) is 0 Å². The van der Waals surface area contributed by atoms with Crippen molar-refractivity contribution < 1.29 is 5.11 Å². The molecule has 0 amide bonds. The third kappa shape index (κ3) is 4.52. The molecule has 1 saturated carbocycles. The first-order chi connectivity index (χ1) is 7.20. The molecule has 2 nitrogen and oxygen atoms in total. The predicted molar refractivity (Wildman–Crippen MR) is 65.0 cm³/mol. The molecular weight excluding hydrogens is 186 g/mol. The minimum absolute atomic E-state index is 0.478. The van der Waals surface area contributed by atoms with E-state index in [1.54, 1.807) is 0 Å². The lowest BCUT2D eigenvalue weighted by Gasteiger charge is -2.28. The highest BCUT2D eigenvalue weighted by Crippen LogP contribution is 2.23. The van der Waals surface area contributed by atoms with Crippen molar-refractivity contribution >= 4 is 0 Å². The van der Waals surface area contributed by atoms with Crippen LogP contribution in [0.25, 0.3) is 0 Å². The average molecular weight is 213 g/mol. The fourth-order valence-corrected chi connectivity index (χ4v) is 2.40. The van der Waals surface area contributed by atoms with Crippen LogP contribution < -0.4 is 5.32 Å². The van der Waals surface area contributed by atoms with Crippen LogP contribution in [0.4, 0.5) is 0 Å². The van der Waals surface area contributed by atoms with Gasteiger partial charge in [0.25, 0.3) is 0 Å². The second kappa shape index (κ2) is 6.49. The van der Waals surface area contributed by atoms with Crippen LogP contribution in [0.15, 0.2) is 0 Å². The van der Waals surface area contributed by atoms with E-state index >= 15 is 0 Å². The highest BCUT2D eigenvalue weighted by atomic mass is 16.3. The van der Waals surface area contributed by atoms with E-state index < -0.39 is 5.60 Å². The van der Waals surface area contributed by atoms with Crippen molar-refractivity contribution in [3.05, 3.63) is 0 Å². The predicted octanol–water partition coefficient (Wildman–Crippen LogP) is 2.71. The van der Waals surface area contributed by atoms with Crippen LogP contribution in [-0.2, 0) is 0 Å². The first kappa shape index (κ1) is 13.0. The summed E-state index contributed by atoms with van der Waals surface area (Å²) < 4.78 is 0. The van der Waals surface area contributed by atoms with Gasteiger partial charge in [-0.15, -0.1) is 0 Å². The molecule has 0 aromatic carbocycles. The Morgan fingerprint density at radius 3 is 2.27 bits per heavy atom. The van der Waals surface area contributed by atoms with Crippen molar-refractivity contribution in [2.75, 3.05) is 13.1 Å². The standard InChI is InChI=1S/C13H27NO/c1-3-13(15,4-2)11-14-10-12-8-6-5-7-9-12/h12,14-15H,3-11H2,1-2H3. The summed E-state index contributed by atoms with van der Waals surface area (Å²) in [5, 5.41) is 13.5. The van der Waals surface area contributed by atoms with E-state index in [1.807, 2.05) is 0 Å². The Morgan fingerprint density at radius 2 is 1.73 bits per heavy atom.